The Hall–Kier alpha value is -2.87. The monoisotopic (exact) mass is 395 g/mol. The van der Waals surface area contributed by atoms with Crippen molar-refractivity contribution in [2.45, 2.75) is 44.1 Å². The van der Waals surface area contributed by atoms with Crippen molar-refractivity contribution < 1.29 is 8.94 Å². The first-order chi connectivity index (χ1) is 13.7. The van der Waals surface area contributed by atoms with E-state index in [4.69, 9.17) is 8.94 Å². The molecule has 7 nitrogen and oxygen atoms in total. The van der Waals surface area contributed by atoms with Crippen LogP contribution in [0.1, 0.15) is 36.4 Å². The van der Waals surface area contributed by atoms with Crippen molar-refractivity contribution in [2.24, 2.45) is 0 Å². The number of thioether (sulfide) groups is 1. The van der Waals surface area contributed by atoms with Gasteiger partial charge in [0.25, 0.3) is 0 Å². The summed E-state index contributed by atoms with van der Waals surface area (Å²) in [6.07, 6.45) is 3.49. The lowest BCUT2D eigenvalue weighted by atomic mass is 10.2. The van der Waals surface area contributed by atoms with Crippen LogP contribution in [0.2, 0.25) is 0 Å². The number of benzene rings is 1. The van der Waals surface area contributed by atoms with Gasteiger partial charge >= 0.3 is 0 Å². The van der Waals surface area contributed by atoms with Gasteiger partial charge in [-0.2, -0.15) is 4.98 Å². The van der Waals surface area contributed by atoms with Gasteiger partial charge in [-0.05, 0) is 25.0 Å². The van der Waals surface area contributed by atoms with Crippen LogP contribution >= 0.6 is 11.8 Å². The summed E-state index contributed by atoms with van der Waals surface area (Å²) >= 11 is 1.54. The van der Waals surface area contributed by atoms with Crippen LogP contribution in [0.5, 0.6) is 0 Å². The second kappa shape index (κ2) is 8.43. The van der Waals surface area contributed by atoms with Gasteiger partial charge in [-0.3, -0.25) is 4.57 Å². The topological polar surface area (TPSA) is 82.8 Å². The van der Waals surface area contributed by atoms with Crippen LogP contribution < -0.4 is 0 Å². The Morgan fingerprint density at radius 2 is 1.96 bits per heavy atom. The van der Waals surface area contributed by atoms with Crippen molar-refractivity contribution in [1.82, 2.24) is 24.9 Å². The average Bonchev–Trinajstić information content (AvgIpc) is 3.42. The van der Waals surface area contributed by atoms with E-state index >= 15 is 0 Å². The molecule has 0 aliphatic rings. The Kier molecular flexibility index (Phi) is 5.57. The Balaban J connectivity index is 1.60. The lowest BCUT2D eigenvalue weighted by molar-refractivity contribution is 0.384. The molecular formula is C20H21N5O2S. The second-order valence-corrected chi connectivity index (χ2v) is 7.35. The molecule has 0 aliphatic heterocycles. The first-order valence-corrected chi connectivity index (χ1v) is 10.2. The fourth-order valence-electron chi connectivity index (χ4n) is 2.92. The molecule has 0 unspecified atom stereocenters. The first-order valence-electron chi connectivity index (χ1n) is 9.20. The molecule has 4 rings (SSSR count). The van der Waals surface area contributed by atoms with Crippen LogP contribution in [0.15, 0.2) is 56.8 Å². The highest BCUT2D eigenvalue weighted by molar-refractivity contribution is 7.98. The predicted molar refractivity (Wildman–Crippen MR) is 106 cm³/mol. The smallest absolute Gasteiger partial charge is 0.237 e. The van der Waals surface area contributed by atoms with E-state index in [9.17, 15) is 0 Å². The standard InChI is InChI=1S/C20H21N5O2S/c1-3-7-17-21-18(27-24-17)13-28-20-23-22-19(16-10-11-26-14(16)2)25(20)12-15-8-5-4-6-9-15/h4-6,8-11H,3,7,12-13H2,1-2H3. The maximum absolute atomic E-state index is 5.47. The third kappa shape index (κ3) is 4.01. The molecule has 3 heterocycles. The molecule has 0 fully saturated rings. The number of aryl methyl sites for hydroxylation is 2. The molecule has 1 aromatic carbocycles. The number of furan rings is 1. The second-order valence-electron chi connectivity index (χ2n) is 6.41. The van der Waals surface area contributed by atoms with Crippen LogP contribution in [0.25, 0.3) is 11.4 Å². The summed E-state index contributed by atoms with van der Waals surface area (Å²) in [5.41, 5.74) is 2.12. The van der Waals surface area contributed by atoms with Gasteiger partial charge < -0.3 is 8.94 Å². The molecule has 28 heavy (non-hydrogen) atoms. The Morgan fingerprint density at radius 1 is 1.11 bits per heavy atom. The van der Waals surface area contributed by atoms with Gasteiger partial charge in [0.05, 0.1) is 24.1 Å². The predicted octanol–water partition coefficient (Wildman–Crippen LogP) is 4.52. The van der Waals surface area contributed by atoms with E-state index in [2.05, 4.69) is 44.0 Å². The van der Waals surface area contributed by atoms with E-state index in [0.29, 0.717) is 18.2 Å². The minimum absolute atomic E-state index is 0.550. The number of nitrogens with zero attached hydrogens (tertiary/aromatic N) is 5. The van der Waals surface area contributed by atoms with Crippen LogP contribution in [-0.4, -0.2) is 24.9 Å². The lowest BCUT2D eigenvalue weighted by Gasteiger charge is -2.09. The summed E-state index contributed by atoms with van der Waals surface area (Å²) in [5.74, 6) is 3.50. The maximum atomic E-state index is 5.47. The summed E-state index contributed by atoms with van der Waals surface area (Å²) in [7, 11) is 0. The highest BCUT2D eigenvalue weighted by Gasteiger charge is 2.18. The van der Waals surface area contributed by atoms with Crippen LogP contribution in [0, 0.1) is 6.92 Å². The van der Waals surface area contributed by atoms with Crippen molar-refractivity contribution >= 4 is 11.8 Å². The van der Waals surface area contributed by atoms with Crippen LogP contribution in [0.3, 0.4) is 0 Å². The van der Waals surface area contributed by atoms with Gasteiger partial charge in [-0.25, -0.2) is 0 Å². The third-order valence-electron chi connectivity index (χ3n) is 4.31. The Bertz CT molecular complexity index is 1040. The van der Waals surface area contributed by atoms with Gasteiger partial charge in [0, 0.05) is 6.42 Å². The van der Waals surface area contributed by atoms with Crippen molar-refractivity contribution in [3.8, 4) is 11.4 Å². The van der Waals surface area contributed by atoms with E-state index < -0.39 is 0 Å². The SMILES string of the molecule is CCCc1noc(CSc2nnc(-c3ccoc3C)n2Cc2ccccc2)n1. The summed E-state index contributed by atoms with van der Waals surface area (Å²) in [6.45, 7) is 4.69. The summed E-state index contributed by atoms with van der Waals surface area (Å²) in [4.78, 5) is 4.43. The van der Waals surface area contributed by atoms with Crippen LogP contribution in [0.4, 0.5) is 0 Å². The van der Waals surface area contributed by atoms with Crippen molar-refractivity contribution in [2.75, 3.05) is 0 Å². The summed E-state index contributed by atoms with van der Waals surface area (Å²) < 4.78 is 12.9. The minimum Gasteiger partial charge on any atom is -0.469 e. The number of hydrogen-bond acceptors (Lipinski definition) is 7. The highest BCUT2D eigenvalue weighted by atomic mass is 32.2. The zero-order valence-corrected chi connectivity index (χ0v) is 16.6. The normalized spacial score (nSPS) is 11.2. The minimum atomic E-state index is 0.550. The molecule has 0 saturated heterocycles. The molecule has 0 amide bonds. The molecule has 0 spiro atoms. The lowest BCUT2D eigenvalue weighted by Crippen LogP contribution is -2.04. The number of hydrogen-bond donors (Lipinski definition) is 0. The van der Waals surface area contributed by atoms with E-state index in [1.165, 1.54) is 17.3 Å². The van der Waals surface area contributed by atoms with Gasteiger partial charge in [-0.1, -0.05) is 54.2 Å². The molecule has 4 aromatic rings. The summed E-state index contributed by atoms with van der Waals surface area (Å²) in [6, 6.07) is 12.2. The molecule has 3 aromatic heterocycles. The Morgan fingerprint density at radius 3 is 2.71 bits per heavy atom. The molecule has 8 heteroatoms. The van der Waals surface area contributed by atoms with Gasteiger partial charge in [0.1, 0.15) is 5.76 Å². The largest absolute Gasteiger partial charge is 0.469 e. The molecular weight excluding hydrogens is 374 g/mol. The van der Waals surface area contributed by atoms with Crippen molar-refractivity contribution in [3.05, 3.63) is 65.7 Å². The fourth-order valence-corrected chi connectivity index (χ4v) is 3.70. The molecule has 0 bridgehead atoms. The maximum Gasteiger partial charge on any atom is 0.237 e. The molecule has 144 valence electrons. The average molecular weight is 395 g/mol. The molecule has 0 atom stereocenters. The fraction of sp³-hybridized carbons (Fsp3) is 0.300. The van der Waals surface area contributed by atoms with Crippen molar-refractivity contribution in [1.29, 1.82) is 0 Å². The molecule has 0 saturated carbocycles. The van der Waals surface area contributed by atoms with Crippen LogP contribution in [-0.2, 0) is 18.7 Å². The third-order valence-corrected chi connectivity index (χ3v) is 5.26. The van der Waals surface area contributed by atoms with E-state index in [1.54, 1.807) is 6.26 Å². The zero-order valence-electron chi connectivity index (χ0n) is 15.8. The van der Waals surface area contributed by atoms with Gasteiger partial charge in [0.2, 0.25) is 5.89 Å². The number of rotatable bonds is 8. The Labute approximate surface area is 167 Å². The van der Waals surface area contributed by atoms with Crippen molar-refractivity contribution in [3.63, 3.8) is 0 Å². The molecule has 0 radical (unpaired) electrons. The molecule has 0 aliphatic carbocycles. The highest BCUT2D eigenvalue weighted by Crippen LogP contribution is 2.29. The van der Waals surface area contributed by atoms with Gasteiger partial charge in [-0.15, -0.1) is 10.2 Å². The quantitative estimate of drug-likeness (QED) is 0.406. The number of aromatic nitrogens is 5. The van der Waals surface area contributed by atoms with E-state index in [-0.39, 0.29) is 0 Å². The first kappa shape index (κ1) is 18.5. The van der Waals surface area contributed by atoms with Gasteiger partial charge in [0.15, 0.2) is 16.8 Å². The molecule has 0 N–H and O–H groups in total. The summed E-state index contributed by atoms with van der Waals surface area (Å²) in [5, 5.41) is 13.7. The van der Waals surface area contributed by atoms with E-state index in [0.717, 1.165) is 41.0 Å². The zero-order chi connectivity index (χ0) is 19.3. The van der Waals surface area contributed by atoms with E-state index in [1.807, 2.05) is 31.2 Å².